The molecule has 0 unspecified atom stereocenters. The minimum absolute atomic E-state index is 0.0190. The van der Waals surface area contributed by atoms with Gasteiger partial charge in [-0.3, -0.25) is 10.1 Å². The van der Waals surface area contributed by atoms with Crippen LogP contribution in [0.2, 0.25) is 0 Å². The van der Waals surface area contributed by atoms with Gasteiger partial charge in [-0.1, -0.05) is 30.3 Å². The molecule has 0 amide bonds. The summed E-state index contributed by atoms with van der Waals surface area (Å²) in [5.41, 5.74) is 0.824. The number of nitro groups is 1. The van der Waals surface area contributed by atoms with Crippen molar-refractivity contribution in [1.29, 1.82) is 0 Å². The molecule has 2 aromatic carbocycles. The van der Waals surface area contributed by atoms with Crippen molar-refractivity contribution in [1.82, 2.24) is 0 Å². The van der Waals surface area contributed by atoms with Gasteiger partial charge in [-0.05, 0) is 24.1 Å². The minimum atomic E-state index is -3.42. The zero-order chi connectivity index (χ0) is 14.6. The maximum atomic E-state index is 12.1. The molecule has 0 spiro atoms. The van der Waals surface area contributed by atoms with Crippen molar-refractivity contribution in [3.8, 4) is 0 Å². The average Bonchev–Trinajstić information content (AvgIpc) is 2.46. The SMILES string of the molecule is O=[N+]([O-])c1ccc(S(=O)(=O)CCc2ccccc2)cc1. The summed E-state index contributed by atoms with van der Waals surface area (Å²) in [6, 6.07) is 14.3. The predicted octanol–water partition coefficient (Wildman–Crippen LogP) is 2.61. The van der Waals surface area contributed by atoms with Crippen LogP contribution in [0.25, 0.3) is 0 Å². The second-order valence-electron chi connectivity index (χ2n) is 4.31. The van der Waals surface area contributed by atoms with Crippen molar-refractivity contribution < 1.29 is 13.3 Å². The van der Waals surface area contributed by atoms with Gasteiger partial charge in [-0.25, -0.2) is 8.42 Å². The van der Waals surface area contributed by atoms with Gasteiger partial charge < -0.3 is 0 Å². The number of rotatable bonds is 5. The molecule has 0 aliphatic rings. The molecule has 0 radical (unpaired) electrons. The summed E-state index contributed by atoms with van der Waals surface area (Å²) in [7, 11) is -3.42. The Kier molecular flexibility index (Phi) is 4.14. The summed E-state index contributed by atoms with van der Waals surface area (Å²) in [4.78, 5) is 10.1. The summed E-state index contributed by atoms with van der Waals surface area (Å²) < 4.78 is 24.2. The quantitative estimate of drug-likeness (QED) is 0.626. The monoisotopic (exact) mass is 291 g/mol. The average molecular weight is 291 g/mol. The topological polar surface area (TPSA) is 77.3 Å². The number of hydrogen-bond donors (Lipinski definition) is 0. The highest BCUT2D eigenvalue weighted by Crippen LogP contribution is 2.17. The summed E-state index contributed by atoms with van der Waals surface area (Å²) in [6.07, 6.45) is 0.417. The molecule has 0 bridgehead atoms. The molecule has 0 aliphatic carbocycles. The van der Waals surface area contributed by atoms with Gasteiger partial charge in [0.05, 0.1) is 15.6 Å². The second-order valence-corrected chi connectivity index (χ2v) is 6.41. The summed E-state index contributed by atoms with van der Waals surface area (Å²) in [5.74, 6) is -0.0190. The first kappa shape index (κ1) is 14.2. The molecule has 0 N–H and O–H groups in total. The van der Waals surface area contributed by atoms with E-state index in [2.05, 4.69) is 0 Å². The Morgan fingerprint density at radius 2 is 1.55 bits per heavy atom. The largest absolute Gasteiger partial charge is 0.269 e. The van der Waals surface area contributed by atoms with E-state index in [0.717, 1.165) is 5.56 Å². The third kappa shape index (κ3) is 3.42. The fourth-order valence-corrected chi connectivity index (χ4v) is 3.08. The fourth-order valence-electron chi connectivity index (χ4n) is 1.79. The van der Waals surface area contributed by atoms with Gasteiger partial charge in [0.25, 0.3) is 5.69 Å². The van der Waals surface area contributed by atoms with Crippen molar-refractivity contribution >= 4 is 15.5 Å². The Bertz CT molecular complexity index is 694. The Morgan fingerprint density at radius 1 is 0.950 bits per heavy atom. The predicted molar refractivity (Wildman–Crippen MR) is 75.3 cm³/mol. The molecule has 2 rings (SSSR count). The van der Waals surface area contributed by atoms with Gasteiger partial charge in [0, 0.05) is 12.1 Å². The third-order valence-corrected chi connectivity index (χ3v) is 4.64. The first-order valence-corrected chi connectivity index (χ1v) is 7.65. The molecule has 0 aliphatic heterocycles. The highest BCUT2D eigenvalue weighted by molar-refractivity contribution is 7.91. The van der Waals surface area contributed by atoms with Gasteiger partial charge in [-0.2, -0.15) is 0 Å². The van der Waals surface area contributed by atoms with Crippen LogP contribution in [0.1, 0.15) is 5.56 Å². The number of nitrogens with zero attached hydrogens (tertiary/aromatic N) is 1. The molecule has 2 aromatic rings. The van der Waals surface area contributed by atoms with E-state index in [1.54, 1.807) is 0 Å². The Hall–Kier alpha value is -2.21. The van der Waals surface area contributed by atoms with E-state index in [0.29, 0.717) is 6.42 Å². The summed E-state index contributed by atoms with van der Waals surface area (Å²) >= 11 is 0. The molecule has 0 saturated heterocycles. The molecule has 0 atom stereocenters. The van der Waals surface area contributed by atoms with Crippen LogP contribution in [0.5, 0.6) is 0 Å². The fraction of sp³-hybridized carbons (Fsp3) is 0.143. The van der Waals surface area contributed by atoms with Crippen LogP contribution in [-0.4, -0.2) is 19.1 Å². The maximum absolute atomic E-state index is 12.1. The number of sulfone groups is 1. The normalized spacial score (nSPS) is 11.2. The van der Waals surface area contributed by atoms with Crippen LogP contribution in [0.3, 0.4) is 0 Å². The summed E-state index contributed by atoms with van der Waals surface area (Å²) in [5, 5.41) is 10.5. The Balaban J connectivity index is 2.12. The Labute approximate surface area is 116 Å². The van der Waals surface area contributed by atoms with E-state index >= 15 is 0 Å². The standard InChI is InChI=1S/C14H13NO4S/c16-15(17)13-6-8-14(9-7-13)20(18,19)11-10-12-4-2-1-3-5-12/h1-9H,10-11H2. The van der Waals surface area contributed by atoms with Crippen LogP contribution >= 0.6 is 0 Å². The van der Waals surface area contributed by atoms with Gasteiger partial charge >= 0.3 is 0 Å². The van der Waals surface area contributed by atoms with Gasteiger partial charge in [0.2, 0.25) is 0 Å². The van der Waals surface area contributed by atoms with Gasteiger partial charge in [-0.15, -0.1) is 0 Å². The minimum Gasteiger partial charge on any atom is -0.258 e. The molecule has 5 nitrogen and oxygen atoms in total. The van der Waals surface area contributed by atoms with Crippen LogP contribution in [0, 0.1) is 10.1 Å². The molecule has 0 heterocycles. The number of benzene rings is 2. The maximum Gasteiger partial charge on any atom is 0.269 e. The molecule has 104 valence electrons. The van der Waals surface area contributed by atoms with Crippen molar-refractivity contribution in [3.05, 3.63) is 70.3 Å². The highest BCUT2D eigenvalue weighted by atomic mass is 32.2. The molecular weight excluding hydrogens is 278 g/mol. The van der Waals surface area contributed by atoms with E-state index in [9.17, 15) is 18.5 Å². The van der Waals surface area contributed by atoms with Crippen LogP contribution < -0.4 is 0 Å². The van der Waals surface area contributed by atoms with Crippen LogP contribution in [0.4, 0.5) is 5.69 Å². The molecule has 0 aromatic heterocycles. The zero-order valence-electron chi connectivity index (χ0n) is 10.6. The number of aryl methyl sites for hydroxylation is 1. The first-order chi connectivity index (χ1) is 9.49. The second kappa shape index (κ2) is 5.83. The number of hydrogen-bond acceptors (Lipinski definition) is 4. The van der Waals surface area contributed by atoms with E-state index in [1.165, 1.54) is 24.3 Å². The molecule has 6 heteroatoms. The van der Waals surface area contributed by atoms with E-state index in [4.69, 9.17) is 0 Å². The highest BCUT2D eigenvalue weighted by Gasteiger charge is 2.16. The van der Waals surface area contributed by atoms with Gasteiger partial charge in [0.1, 0.15) is 0 Å². The Morgan fingerprint density at radius 3 is 2.10 bits per heavy atom. The van der Waals surface area contributed by atoms with Crippen LogP contribution in [0.15, 0.2) is 59.5 Å². The van der Waals surface area contributed by atoms with Gasteiger partial charge in [0.15, 0.2) is 9.84 Å². The zero-order valence-corrected chi connectivity index (χ0v) is 11.4. The third-order valence-electron chi connectivity index (χ3n) is 2.91. The lowest BCUT2D eigenvalue weighted by atomic mass is 10.2. The van der Waals surface area contributed by atoms with Crippen molar-refractivity contribution in [2.45, 2.75) is 11.3 Å². The smallest absolute Gasteiger partial charge is 0.258 e. The van der Waals surface area contributed by atoms with E-state index < -0.39 is 14.8 Å². The number of nitro benzene ring substituents is 1. The molecule has 20 heavy (non-hydrogen) atoms. The van der Waals surface area contributed by atoms with Crippen molar-refractivity contribution in [2.75, 3.05) is 5.75 Å². The van der Waals surface area contributed by atoms with E-state index in [1.807, 2.05) is 30.3 Å². The number of non-ortho nitro benzene ring substituents is 1. The van der Waals surface area contributed by atoms with E-state index in [-0.39, 0.29) is 16.3 Å². The summed E-state index contributed by atoms with van der Waals surface area (Å²) in [6.45, 7) is 0. The lowest BCUT2D eigenvalue weighted by molar-refractivity contribution is -0.384. The first-order valence-electron chi connectivity index (χ1n) is 6.00. The molecular formula is C14H13NO4S. The van der Waals surface area contributed by atoms with Crippen molar-refractivity contribution in [2.24, 2.45) is 0 Å². The van der Waals surface area contributed by atoms with Crippen LogP contribution in [-0.2, 0) is 16.3 Å². The molecule has 0 fully saturated rings. The van der Waals surface area contributed by atoms with Crippen molar-refractivity contribution in [3.63, 3.8) is 0 Å². The lowest BCUT2D eigenvalue weighted by Gasteiger charge is -2.04. The molecule has 0 saturated carbocycles. The lowest BCUT2D eigenvalue weighted by Crippen LogP contribution is -2.09.